The predicted molar refractivity (Wildman–Crippen MR) is 101 cm³/mol. The Hall–Kier alpha value is -3.09. The summed E-state index contributed by atoms with van der Waals surface area (Å²) in [6.45, 7) is 0. The third kappa shape index (κ3) is 4.36. The van der Waals surface area contributed by atoms with Crippen LogP contribution in [0.25, 0.3) is 11.4 Å². The largest absolute Gasteiger partial charge is 0.353 e. The van der Waals surface area contributed by atoms with Crippen LogP contribution in [0, 0.1) is 0 Å². The second kappa shape index (κ2) is 8.07. The molecule has 1 aliphatic rings. The van der Waals surface area contributed by atoms with E-state index in [1.807, 2.05) is 42.5 Å². The quantitative estimate of drug-likeness (QED) is 0.754. The van der Waals surface area contributed by atoms with Gasteiger partial charge >= 0.3 is 0 Å². The van der Waals surface area contributed by atoms with E-state index in [4.69, 9.17) is 0 Å². The molecule has 138 valence electrons. The first-order valence-electron chi connectivity index (χ1n) is 9.31. The van der Waals surface area contributed by atoms with Crippen molar-refractivity contribution in [2.24, 2.45) is 0 Å². The molecule has 1 aromatic carbocycles. The number of nitrogens with zero attached hydrogens (tertiary/aromatic N) is 5. The Balaban J connectivity index is 1.29. The van der Waals surface area contributed by atoms with Gasteiger partial charge in [0.15, 0.2) is 0 Å². The molecule has 2 heterocycles. The maximum Gasteiger partial charge on any atom is 0.224 e. The topological polar surface area (TPSA) is 85.6 Å². The van der Waals surface area contributed by atoms with Gasteiger partial charge in [0, 0.05) is 24.0 Å². The van der Waals surface area contributed by atoms with Crippen LogP contribution in [0.5, 0.6) is 0 Å². The van der Waals surface area contributed by atoms with Crippen LogP contribution < -0.4 is 5.32 Å². The summed E-state index contributed by atoms with van der Waals surface area (Å²) in [6, 6.07) is 14.1. The highest BCUT2D eigenvalue weighted by atomic mass is 16.1. The fourth-order valence-electron chi connectivity index (χ4n) is 3.50. The number of nitrogens with one attached hydrogen (secondary N) is 1. The van der Waals surface area contributed by atoms with Crippen LogP contribution in [0.3, 0.4) is 0 Å². The highest BCUT2D eigenvalue weighted by Gasteiger charge is 2.25. The van der Waals surface area contributed by atoms with Gasteiger partial charge in [0.25, 0.3) is 0 Å². The summed E-state index contributed by atoms with van der Waals surface area (Å²) in [5, 5.41) is 16.1. The molecule has 2 aromatic heterocycles. The van der Waals surface area contributed by atoms with Crippen LogP contribution in [0.15, 0.2) is 54.9 Å². The fraction of sp³-hybridized carbons (Fsp3) is 0.350. The normalized spacial score (nSPS) is 19.6. The standard InChI is InChI=1S/C20H22N6O/c27-19(13-15-5-4-12-21-14-15)22-17-8-10-18(11-9-17)26-24-20(23-25-26)16-6-2-1-3-7-16/h1-7,12,14,17-18H,8-11,13H2,(H,22,27). The van der Waals surface area contributed by atoms with Crippen LogP contribution in [0.4, 0.5) is 0 Å². The average molecular weight is 362 g/mol. The fourth-order valence-corrected chi connectivity index (χ4v) is 3.50. The van der Waals surface area contributed by atoms with Crippen molar-refractivity contribution in [1.29, 1.82) is 0 Å². The number of pyridine rings is 1. The van der Waals surface area contributed by atoms with Crippen LogP contribution in [-0.2, 0) is 11.2 Å². The van der Waals surface area contributed by atoms with Crippen molar-refractivity contribution in [2.75, 3.05) is 0 Å². The van der Waals surface area contributed by atoms with E-state index in [9.17, 15) is 4.79 Å². The molecule has 0 bridgehead atoms. The lowest BCUT2D eigenvalue weighted by Crippen LogP contribution is -2.39. The average Bonchev–Trinajstić information content (AvgIpc) is 3.20. The van der Waals surface area contributed by atoms with E-state index in [2.05, 4.69) is 25.7 Å². The minimum absolute atomic E-state index is 0.0525. The molecule has 0 aliphatic heterocycles. The zero-order valence-electron chi connectivity index (χ0n) is 15.0. The first-order chi connectivity index (χ1) is 13.3. The molecule has 7 heteroatoms. The number of tetrazole rings is 1. The van der Waals surface area contributed by atoms with Gasteiger partial charge in [0.1, 0.15) is 0 Å². The van der Waals surface area contributed by atoms with Crippen molar-refractivity contribution < 1.29 is 4.79 Å². The molecule has 0 spiro atoms. The van der Waals surface area contributed by atoms with E-state index >= 15 is 0 Å². The molecule has 0 atom stereocenters. The molecular weight excluding hydrogens is 340 g/mol. The zero-order chi connectivity index (χ0) is 18.5. The number of aromatic nitrogens is 5. The molecule has 1 fully saturated rings. The summed E-state index contributed by atoms with van der Waals surface area (Å²) in [7, 11) is 0. The van der Waals surface area contributed by atoms with Gasteiger partial charge in [-0.05, 0) is 42.5 Å². The van der Waals surface area contributed by atoms with Crippen molar-refractivity contribution >= 4 is 5.91 Å². The molecule has 1 N–H and O–H groups in total. The van der Waals surface area contributed by atoms with Gasteiger partial charge in [-0.25, -0.2) is 0 Å². The zero-order valence-corrected chi connectivity index (χ0v) is 15.0. The first kappa shape index (κ1) is 17.3. The summed E-state index contributed by atoms with van der Waals surface area (Å²) in [4.78, 5) is 18.0. The number of carbonyl (C=O) groups is 1. The summed E-state index contributed by atoms with van der Waals surface area (Å²) >= 11 is 0. The predicted octanol–water partition coefficient (Wildman–Crippen LogP) is 2.58. The summed E-state index contributed by atoms with van der Waals surface area (Å²) < 4.78 is 0. The molecule has 3 aromatic rings. The third-order valence-electron chi connectivity index (χ3n) is 4.94. The van der Waals surface area contributed by atoms with Crippen LogP contribution >= 0.6 is 0 Å². The van der Waals surface area contributed by atoms with Gasteiger partial charge in [-0.15, -0.1) is 10.2 Å². The van der Waals surface area contributed by atoms with Gasteiger partial charge in [-0.2, -0.15) is 4.80 Å². The lowest BCUT2D eigenvalue weighted by molar-refractivity contribution is -0.121. The summed E-state index contributed by atoms with van der Waals surface area (Å²) in [6.07, 6.45) is 7.53. The van der Waals surface area contributed by atoms with Crippen molar-refractivity contribution in [1.82, 2.24) is 30.5 Å². The molecule has 4 rings (SSSR count). The maximum atomic E-state index is 12.2. The Bertz CT molecular complexity index is 872. The number of rotatable bonds is 5. The van der Waals surface area contributed by atoms with Crippen LogP contribution in [0.1, 0.15) is 37.3 Å². The van der Waals surface area contributed by atoms with Crippen molar-refractivity contribution in [3.63, 3.8) is 0 Å². The number of benzene rings is 1. The highest BCUT2D eigenvalue weighted by molar-refractivity contribution is 5.78. The molecule has 7 nitrogen and oxygen atoms in total. The lowest BCUT2D eigenvalue weighted by atomic mass is 9.91. The smallest absolute Gasteiger partial charge is 0.224 e. The number of carbonyl (C=O) groups excluding carboxylic acids is 1. The van der Waals surface area contributed by atoms with Gasteiger partial charge < -0.3 is 5.32 Å². The van der Waals surface area contributed by atoms with Crippen molar-refractivity contribution in [2.45, 2.75) is 44.2 Å². The lowest BCUT2D eigenvalue weighted by Gasteiger charge is -2.28. The highest BCUT2D eigenvalue weighted by Crippen LogP contribution is 2.28. The molecule has 0 unspecified atom stereocenters. The molecular formula is C20H22N6O. The Kier molecular flexibility index (Phi) is 5.18. The second-order valence-corrected chi connectivity index (χ2v) is 6.91. The molecule has 27 heavy (non-hydrogen) atoms. The Morgan fingerprint density at radius 1 is 1.07 bits per heavy atom. The van der Waals surface area contributed by atoms with Gasteiger partial charge in [-0.3, -0.25) is 9.78 Å². The minimum Gasteiger partial charge on any atom is -0.353 e. The monoisotopic (exact) mass is 362 g/mol. The van der Waals surface area contributed by atoms with Crippen LogP contribution in [0.2, 0.25) is 0 Å². The second-order valence-electron chi connectivity index (χ2n) is 6.91. The molecule has 1 amide bonds. The summed E-state index contributed by atoms with van der Waals surface area (Å²) in [5.41, 5.74) is 1.91. The number of hydrogen-bond acceptors (Lipinski definition) is 5. The molecule has 1 aliphatic carbocycles. The first-order valence-corrected chi connectivity index (χ1v) is 9.31. The Morgan fingerprint density at radius 2 is 1.89 bits per heavy atom. The van der Waals surface area contributed by atoms with Crippen molar-refractivity contribution in [3.05, 3.63) is 60.4 Å². The Morgan fingerprint density at radius 3 is 2.63 bits per heavy atom. The Labute approximate surface area is 157 Å². The van der Waals surface area contributed by atoms with E-state index in [0.717, 1.165) is 36.8 Å². The molecule has 0 saturated heterocycles. The van der Waals surface area contributed by atoms with Crippen molar-refractivity contribution in [3.8, 4) is 11.4 Å². The van der Waals surface area contributed by atoms with E-state index in [1.54, 1.807) is 17.2 Å². The molecule has 0 radical (unpaired) electrons. The number of amides is 1. The van der Waals surface area contributed by atoms with Crippen LogP contribution in [-0.4, -0.2) is 37.1 Å². The van der Waals surface area contributed by atoms with Gasteiger partial charge in [0.2, 0.25) is 11.7 Å². The third-order valence-corrected chi connectivity index (χ3v) is 4.94. The maximum absolute atomic E-state index is 12.2. The van der Waals surface area contributed by atoms with E-state index in [0.29, 0.717) is 12.2 Å². The van der Waals surface area contributed by atoms with E-state index < -0.39 is 0 Å². The number of hydrogen-bond donors (Lipinski definition) is 1. The SMILES string of the molecule is O=C(Cc1cccnc1)NC1CCC(n2nnc(-c3ccccc3)n2)CC1. The van der Waals surface area contributed by atoms with E-state index in [1.165, 1.54) is 0 Å². The summed E-state index contributed by atoms with van der Waals surface area (Å²) in [5.74, 6) is 0.708. The molecule has 1 saturated carbocycles. The minimum atomic E-state index is 0.0525. The van der Waals surface area contributed by atoms with E-state index in [-0.39, 0.29) is 18.0 Å². The van der Waals surface area contributed by atoms with Gasteiger partial charge in [-0.1, -0.05) is 36.4 Å². The van der Waals surface area contributed by atoms with Gasteiger partial charge in [0.05, 0.1) is 12.5 Å².